The Hall–Kier alpha value is -0.170. The summed E-state index contributed by atoms with van der Waals surface area (Å²) in [5, 5.41) is 0. The number of hydrogen-bond donors (Lipinski definition) is 1. The highest BCUT2D eigenvalue weighted by atomic mass is 32.2. The molecule has 72 valence electrons. The highest BCUT2D eigenvalue weighted by Crippen LogP contribution is 2.13. The normalized spacial score (nSPS) is 24.6. The summed E-state index contributed by atoms with van der Waals surface area (Å²) in [5.74, 6) is -0.0131. The van der Waals surface area contributed by atoms with E-state index in [1.165, 1.54) is 7.11 Å². The van der Waals surface area contributed by atoms with E-state index < -0.39 is 10.0 Å². The van der Waals surface area contributed by atoms with E-state index in [1.807, 2.05) is 4.89 Å². The molecule has 1 fully saturated rings. The van der Waals surface area contributed by atoms with E-state index in [9.17, 15) is 8.42 Å². The van der Waals surface area contributed by atoms with E-state index in [2.05, 4.69) is 4.84 Å². The zero-order valence-corrected chi connectivity index (χ0v) is 7.76. The van der Waals surface area contributed by atoms with Crippen LogP contribution in [0.3, 0.4) is 0 Å². The molecule has 0 saturated carbocycles. The summed E-state index contributed by atoms with van der Waals surface area (Å²) in [7, 11) is -2.04. The van der Waals surface area contributed by atoms with E-state index in [0.717, 1.165) is 12.8 Å². The van der Waals surface area contributed by atoms with Gasteiger partial charge in [-0.3, -0.25) is 4.84 Å². The molecule has 12 heavy (non-hydrogen) atoms. The first-order valence-electron chi connectivity index (χ1n) is 3.78. The molecule has 0 spiro atoms. The lowest BCUT2D eigenvalue weighted by molar-refractivity contribution is 0.121. The van der Waals surface area contributed by atoms with Crippen molar-refractivity contribution < 1.29 is 18.0 Å². The van der Waals surface area contributed by atoms with Gasteiger partial charge in [-0.2, -0.15) is 0 Å². The van der Waals surface area contributed by atoms with Crippen molar-refractivity contribution in [3.8, 4) is 0 Å². The van der Waals surface area contributed by atoms with Gasteiger partial charge in [-0.05, 0) is 12.8 Å². The molecule has 5 nitrogen and oxygen atoms in total. The molecular formula is C6H13NO4S. The molecule has 0 bridgehead atoms. The van der Waals surface area contributed by atoms with Gasteiger partial charge >= 0.3 is 0 Å². The first-order chi connectivity index (χ1) is 5.64. The van der Waals surface area contributed by atoms with E-state index in [-0.39, 0.29) is 11.9 Å². The fourth-order valence-electron chi connectivity index (χ4n) is 1.18. The fraction of sp³-hybridized carbons (Fsp3) is 1.00. The van der Waals surface area contributed by atoms with Gasteiger partial charge in [0.05, 0.1) is 19.0 Å². The maximum Gasteiger partial charge on any atom is 0.236 e. The van der Waals surface area contributed by atoms with E-state index in [4.69, 9.17) is 4.74 Å². The topological polar surface area (TPSA) is 64.6 Å². The van der Waals surface area contributed by atoms with Crippen LogP contribution in [-0.4, -0.2) is 34.0 Å². The van der Waals surface area contributed by atoms with Crippen molar-refractivity contribution in [2.75, 3.05) is 19.5 Å². The lowest BCUT2D eigenvalue weighted by Crippen LogP contribution is -2.31. The van der Waals surface area contributed by atoms with E-state index >= 15 is 0 Å². The minimum atomic E-state index is -3.31. The summed E-state index contributed by atoms with van der Waals surface area (Å²) in [6, 6.07) is 0. The molecule has 1 aliphatic rings. The van der Waals surface area contributed by atoms with Gasteiger partial charge in [-0.1, -0.05) is 4.89 Å². The number of ether oxygens (including phenoxy) is 1. The third kappa shape index (κ3) is 3.06. The van der Waals surface area contributed by atoms with Crippen LogP contribution < -0.4 is 4.89 Å². The molecule has 1 atom stereocenters. The molecule has 1 rings (SSSR count). The summed E-state index contributed by atoms with van der Waals surface area (Å²) in [6.07, 6.45) is 1.58. The smallest absolute Gasteiger partial charge is 0.236 e. The molecular weight excluding hydrogens is 182 g/mol. The molecule has 6 heteroatoms. The average Bonchev–Trinajstić information content (AvgIpc) is 2.38. The number of nitrogens with one attached hydrogen (secondary N) is 1. The van der Waals surface area contributed by atoms with Crippen LogP contribution in [0, 0.1) is 0 Å². The summed E-state index contributed by atoms with van der Waals surface area (Å²) in [6.45, 7) is 0.660. The second kappa shape index (κ2) is 4.18. The molecule has 1 heterocycles. The Bertz CT molecular complexity index is 220. The van der Waals surface area contributed by atoms with Gasteiger partial charge in [0.2, 0.25) is 10.0 Å². The second-order valence-electron chi connectivity index (χ2n) is 2.70. The number of rotatable bonds is 4. The monoisotopic (exact) mass is 195 g/mol. The number of hydrogen-bond acceptors (Lipinski definition) is 4. The van der Waals surface area contributed by atoms with E-state index in [1.54, 1.807) is 0 Å². The second-order valence-corrected chi connectivity index (χ2v) is 4.43. The Kier molecular flexibility index (Phi) is 3.45. The van der Waals surface area contributed by atoms with Crippen LogP contribution in [0.5, 0.6) is 0 Å². The van der Waals surface area contributed by atoms with Crippen LogP contribution in [-0.2, 0) is 19.6 Å². The quantitative estimate of drug-likeness (QED) is 0.622. The van der Waals surface area contributed by atoms with Gasteiger partial charge in [-0.25, -0.2) is 8.42 Å². The van der Waals surface area contributed by atoms with Crippen LogP contribution >= 0.6 is 0 Å². The van der Waals surface area contributed by atoms with Crippen molar-refractivity contribution in [1.82, 2.24) is 4.89 Å². The lowest BCUT2D eigenvalue weighted by atomic mass is 10.3. The number of sulfonamides is 1. The Morgan fingerprint density at radius 3 is 2.92 bits per heavy atom. The van der Waals surface area contributed by atoms with Gasteiger partial charge in [0, 0.05) is 6.61 Å². The predicted molar refractivity (Wildman–Crippen MR) is 42.9 cm³/mol. The highest BCUT2D eigenvalue weighted by Gasteiger charge is 2.22. The van der Waals surface area contributed by atoms with Crippen LogP contribution in [0.4, 0.5) is 0 Å². The zero-order valence-electron chi connectivity index (χ0n) is 6.95. The van der Waals surface area contributed by atoms with Gasteiger partial charge in [0.25, 0.3) is 0 Å². The van der Waals surface area contributed by atoms with E-state index in [0.29, 0.717) is 6.61 Å². The van der Waals surface area contributed by atoms with Crippen molar-refractivity contribution in [3.05, 3.63) is 0 Å². The molecule has 0 aliphatic carbocycles. The molecule has 0 amide bonds. The van der Waals surface area contributed by atoms with Crippen molar-refractivity contribution in [2.45, 2.75) is 18.9 Å². The zero-order chi connectivity index (χ0) is 9.03. The van der Waals surface area contributed by atoms with Crippen LogP contribution in [0.15, 0.2) is 0 Å². The molecule has 1 saturated heterocycles. The Labute approximate surface area is 72.0 Å². The SMILES string of the molecule is CONS(=O)(=O)CC1CCCO1. The summed E-state index contributed by atoms with van der Waals surface area (Å²) in [5.41, 5.74) is 0. The molecule has 0 aromatic heterocycles. The largest absolute Gasteiger partial charge is 0.377 e. The lowest BCUT2D eigenvalue weighted by Gasteiger charge is -2.09. The third-order valence-corrected chi connectivity index (χ3v) is 2.87. The summed E-state index contributed by atoms with van der Waals surface area (Å²) in [4.78, 5) is 6.26. The maximum atomic E-state index is 11.1. The minimum Gasteiger partial charge on any atom is -0.377 e. The van der Waals surface area contributed by atoms with Gasteiger partial charge in [0.15, 0.2) is 0 Å². The first-order valence-corrected chi connectivity index (χ1v) is 5.43. The van der Waals surface area contributed by atoms with Gasteiger partial charge in [0.1, 0.15) is 0 Å². The minimum absolute atomic E-state index is 0.0131. The van der Waals surface area contributed by atoms with Crippen molar-refractivity contribution in [2.24, 2.45) is 0 Å². The fourth-order valence-corrected chi connectivity index (χ4v) is 2.26. The predicted octanol–water partition coefficient (Wildman–Crippen LogP) is -0.354. The van der Waals surface area contributed by atoms with Crippen LogP contribution in [0.25, 0.3) is 0 Å². The Balaban J connectivity index is 2.38. The molecule has 0 aromatic rings. The molecule has 1 unspecified atom stereocenters. The third-order valence-electron chi connectivity index (χ3n) is 1.64. The standard InChI is InChI=1S/C6H13NO4S/c1-10-7-12(8,9)5-6-3-2-4-11-6/h6-7H,2-5H2,1H3. The highest BCUT2D eigenvalue weighted by molar-refractivity contribution is 7.89. The average molecular weight is 195 g/mol. The van der Waals surface area contributed by atoms with Crippen LogP contribution in [0.1, 0.15) is 12.8 Å². The molecule has 1 aliphatic heterocycles. The molecule has 0 radical (unpaired) electrons. The first kappa shape index (κ1) is 9.91. The maximum absolute atomic E-state index is 11.1. The summed E-state index contributed by atoms with van der Waals surface area (Å²) >= 11 is 0. The van der Waals surface area contributed by atoms with Gasteiger partial charge in [-0.15, -0.1) is 0 Å². The Morgan fingerprint density at radius 1 is 1.67 bits per heavy atom. The van der Waals surface area contributed by atoms with Crippen molar-refractivity contribution in [3.63, 3.8) is 0 Å². The van der Waals surface area contributed by atoms with Gasteiger partial charge < -0.3 is 4.74 Å². The Morgan fingerprint density at radius 2 is 2.42 bits per heavy atom. The summed E-state index contributed by atoms with van der Waals surface area (Å²) < 4.78 is 27.3. The van der Waals surface area contributed by atoms with Crippen LogP contribution in [0.2, 0.25) is 0 Å². The van der Waals surface area contributed by atoms with Crippen molar-refractivity contribution >= 4 is 10.0 Å². The molecule has 0 aromatic carbocycles. The van der Waals surface area contributed by atoms with Crippen molar-refractivity contribution in [1.29, 1.82) is 0 Å². The molecule has 1 N–H and O–H groups in total.